The lowest BCUT2D eigenvalue weighted by Gasteiger charge is -2.13. The molecule has 0 spiro atoms. The molecule has 0 aliphatic rings. The zero-order chi connectivity index (χ0) is 22.1. The van der Waals surface area contributed by atoms with Gasteiger partial charge in [-0.15, -0.1) is 0 Å². The molecule has 0 saturated heterocycles. The number of aliphatic carboxylic acids is 1. The largest absolute Gasteiger partial charge is 0.480 e. The molecule has 1 unspecified atom stereocenters. The van der Waals surface area contributed by atoms with E-state index in [-0.39, 0.29) is 30.4 Å². The van der Waals surface area contributed by atoms with Crippen molar-refractivity contribution in [3.63, 3.8) is 0 Å². The molecule has 0 aromatic heterocycles. The smallest absolute Gasteiger partial charge is 0.326 e. The zero-order valence-electron chi connectivity index (χ0n) is 17.1. The highest BCUT2D eigenvalue weighted by Gasteiger charge is 2.17. The summed E-state index contributed by atoms with van der Waals surface area (Å²) in [6, 6.07) is -1.68. The van der Waals surface area contributed by atoms with Crippen LogP contribution in [0.25, 0.3) is 0 Å². The standard InChI is InChI=1S/C19H34N4O6/c1-14(25)7-3-2-5-12-22-18(27)15(20)8-4-6-11-21-17(26)10-9-16(19(28)29)23-13-24/h13,15-16H,2-12,20H2,1H3,(H,21,26)(H,22,27)(H,23,24)(H,28,29)/t15?,16-/m0/s1. The van der Waals surface area contributed by atoms with E-state index in [2.05, 4.69) is 16.0 Å². The van der Waals surface area contributed by atoms with Crippen LogP contribution < -0.4 is 21.7 Å². The summed E-state index contributed by atoms with van der Waals surface area (Å²) in [5.74, 6) is -1.52. The molecule has 29 heavy (non-hydrogen) atoms. The number of carbonyl (C=O) groups excluding carboxylic acids is 4. The van der Waals surface area contributed by atoms with E-state index < -0.39 is 18.1 Å². The van der Waals surface area contributed by atoms with Crippen LogP contribution in [0.2, 0.25) is 0 Å². The molecular weight excluding hydrogens is 380 g/mol. The van der Waals surface area contributed by atoms with Crippen LogP contribution in [0.15, 0.2) is 0 Å². The topological polar surface area (TPSA) is 168 Å². The minimum atomic E-state index is -1.19. The van der Waals surface area contributed by atoms with Crippen molar-refractivity contribution in [3.05, 3.63) is 0 Å². The lowest BCUT2D eigenvalue weighted by atomic mass is 10.1. The minimum absolute atomic E-state index is 0.00779. The number of carbonyl (C=O) groups is 5. The van der Waals surface area contributed by atoms with E-state index in [1.807, 2.05) is 0 Å². The Morgan fingerprint density at radius 2 is 1.59 bits per heavy atom. The second kappa shape index (κ2) is 16.5. The maximum absolute atomic E-state index is 11.9. The van der Waals surface area contributed by atoms with Gasteiger partial charge in [0.15, 0.2) is 0 Å². The van der Waals surface area contributed by atoms with E-state index in [9.17, 15) is 24.0 Å². The SMILES string of the molecule is CC(=O)CCCCCNC(=O)C(N)CCCCNC(=O)CC[C@H](NC=O)C(=O)O. The van der Waals surface area contributed by atoms with Crippen molar-refractivity contribution in [2.45, 2.75) is 76.8 Å². The van der Waals surface area contributed by atoms with Gasteiger partial charge in [0.1, 0.15) is 11.8 Å². The minimum Gasteiger partial charge on any atom is -0.480 e. The molecule has 0 saturated carbocycles. The number of amides is 3. The van der Waals surface area contributed by atoms with E-state index in [0.29, 0.717) is 45.2 Å². The molecule has 10 heteroatoms. The summed E-state index contributed by atoms with van der Waals surface area (Å²) in [7, 11) is 0. The van der Waals surface area contributed by atoms with Gasteiger partial charge in [0, 0.05) is 25.9 Å². The summed E-state index contributed by atoms with van der Waals surface area (Å²) in [4.78, 5) is 55.5. The first-order valence-electron chi connectivity index (χ1n) is 9.99. The van der Waals surface area contributed by atoms with E-state index >= 15 is 0 Å². The van der Waals surface area contributed by atoms with Crippen molar-refractivity contribution in [3.8, 4) is 0 Å². The lowest BCUT2D eigenvalue weighted by Crippen LogP contribution is -2.41. The van der Waals surface area contributed by atoms with Gasteiger partial charge in [0.25, 0.3) is 0 Å². The number of Topliss-reactive ketones (excluding diaryl/α,β-unsaturated/α-hetero) is 1. The molecule has 10 nitrogen and oxygen atoms in total. The Morgan fingerprint density at radius 1 is 0.931 bits per heavy atom. The Bertz CT molecular complexity index is 541. The second-order valence-corrected chi connectivity index (χ2v) is 6.97. The maximum Gasteiger partial charge on any atom is 0.326 e. The van der Waals surface area contributed by atoms with Crippen LogP contribution in [0.1, 0.15) is 64.7 Å². The number of nitrogens with one attached hydrogen (secondary N) is 3. The van der Waals surface area contributed by atoms with Gasteiger partial charge in [-0.05, 0) is 45.4 Å². The van der Waals surface area contributed by atoms with Gasteiger partial charge in [0.2, 0.25) is 18.2 Å². The maximum atomic E-state index is 11.9. The lowest BCUT2D eigenvalue weighted by molar-refractivity contribution is -0.140. The molecule has 0 rings (SSSR count). The third kappa shape index (κ3) is 15.1. The predicted octanol–water partition coefficient (Wildman–Crippen LogP) is -0.155. The first-order chi connectivity index (χ1) is 13.8. The first kappa shape index (κ1) is 26.5. The van der Waals surface area contributed by atoms with Crippen molar-refractivity contribution < 1.29 is 29.1 Å². The summed E-state index contributed by atoms with van der Waals surface area (Å²) in [6.07, 6.45) is 5.20. The highest BCUT2D eigenvalue weighted by Crippen LogP contribution is 2.02. The van der Waals surface area contributed by atoms with Crippen LogP contribution in [0.3, 0.4) is 0 Å². The summed E-state index contributed by atoms with van der Waals surface area (Å²) in [5, 5.41) is 16.5. The number of unbranched alkanes of at least 4 members (excludes halogenated alkanes) is 3. The van der Waals surface area contributed by atoms with E-state index in [0.717, 1.165) is 19.3 Å². The summed E-state index contributed by atoms with van der Waals surface area (Å²) >= 11 is 0. The molecule has 2 atom stereocenters. The predicted molar refractivity (Wildman–Crippen MR) is 107 cm³/mol. The van der Waals surface area contributed by atoms with Gasteiger partial charge in [-0.2, -0.15) is 0 Å². The fourth-order valence-electron chi connectivity index (χ4n) is 2.59. The third-order valence-corrected chi connectivity index (χ3v) is 4.33. The van der Waals surface area contributed by atoms with Gasteiger partial charge in [-0.1, -0.05) is 6.42 Å². The zero-order valence-corrected chi connectivity index (χ0v) is 17.1. The average molecular weight is 415 g/mol. The molecule has 0 aromatic carbocycles. The summed E-state index contributed by atoms with van der Waals surface area (Å²) < 4.78 is 0. The van der Waals surface area contributed by atoms with Crippen molar-refractivity contribution in [1.29, 1.82) is 0 Å². The highest BCUT2D eigenvalue weighted by molar-refractivity contribution is 5.81. The number of rotatable bonds is 18. The number of carboxylic acids is 1. The van der Waals surface area contributed by atoms with E-state index in [1.54, 1.807) is 6.92 Å². The second-order valence-electron chi connectivity index (χ2n) is 6.97. The molecule has 0 bridgehead atoms. The number of nitrogens with two attached hydrogens (primary N) is 1. The molecule has 0 heterocycles. The number of hydrogen-bond acceptors (Lipinski definition) is 6. The Labute approximate surface area is 171 Å². The van der Waals surface area contributed by atoms with Crippen LogP contribution >= 0.6 is 0 Å². The molecule has 0 aliphatic carbocycles. The molecule has 166 valence electrons. The van der Waals surface area contributed by atoms with Crippen LogP contribution in [0.5, 0.6) is 0 Å². The van der Waals surface area contributed by atoms with Gasteiger partial charge in [0.05, 0.1) is 6.04 Å². The molecule has 0 aliphatic heterocycles. The van der Waals surface area contributed by atoms with Crippen molar-refractivity contribution in [2.75, 3.05) is 13.1 Å². The molecule has 0 aromatic rings. The van der Waals surface area contributed by atoms with Crippen molar-refractivity contribution in [1.82, 2.24) is 16.0 Å². The van der Waals surface area contributed by atoms with Crippen molar-refractivity contribution in [2.24, 2.45) is 5.73 Å². The van der Waals surface area contributed by atoms with Crippen LogP contribution in [0.4, 0.5) is 0 Å². The van der Waals surface area contributed by atoms with Crippen LogP contribution in [-0.2, 0) is 24.0 Å². The Balaban J connectivity index is 3.73. The Kier molecular flexibility index (Phi) is 15.0. The summed E-state index contributed by atoms with van der Waals surface area (Å²) in [5.41, 5.74) is 5.84. The van der Waals surface area contributed by atoms with Gasteiger partial charge in [-0.3, -0.25) is 14.4 Å². The van der Waals surface area contributed by atoms with Gasteiger partial charge in [-0.25, -0.2) is 4.79 Å². The molecule has 0 fully saturated rings. The molecule has 3 amide bonds. The Hall–Kier alpha value is -2.49. The van der Waals surface area contributed by atoms with E-state index in [4.69, 9.17) is 10.8 Å². The third-order valence-electron chi connectivity index (χ3n) is 4.33. The van der Waals surface area contributed by atoms with Gasteiger partial charge < -0.3 is 31.6 Å². The number of carboxylic acid groups (broad SMARTS) is 1. The summed E-state index contributed by atoms with van der Waals surface area (Å²) in [6.45, 7) is 2.51. The average Bonchev–Trinajstić information content (AvgIpc) is 2.66. The monoisotopic (exact) mass is 414 g/mol. The fourth-order valence-corrected chi connectivity index (χ4v) is 2.59. The van der Waals surface area contributed by atoms with E-state index in [1.165, 1.54) is 0 Å². The fraction of sp³-hybridized carbons (Fsp3) is 0.737. The number of ketones is 1. The molecular formula is C19H34N4O6. The molecule has 6 N–H and O–H groups in total. The highest BCUT2D eigenvalue weighted by atomic mass is 16.4. The number of hydrogen-bond donors (Lipinski definition) is 5. The Morgan fingerprint density at radius 3 is 2.21 bits per heavy atom. The first-order valence-corrected chi connectivity index (χ1v) is 9.99. The van der Waals surface area contributed by atoms with Crippen molar-refractivity contribution >= 4 is 30.0 Å². The molecule has 0 radical (unpaired) electrons. The normalized spacial score (nSPS) is 12.5. The van der Waals surface area contributed by atoms with Crippen LogP contribution in [0, 0.1) is 0 Å². The quantitative estimate of drug-likeness (QED) is 0.153. The van der Waals surface area contributed by atoms with Crippen LogP contribution in [-0.4, -0.2) is 60.3 Å². The van der Waals surface area contributed by atoms with Gasteiger partial charge >= 0.3 is 5.97 Å².